The maximum atomic E-state index is 12.8. The Labute approximate surface area is 187 Å². The molecular formula is C25H26N4O3. The van der Waals surface area contributed by atoms with Gasteiger partial charge in [-0.3, -0.25) is 24.5 Å². The average Bonchev–Trinajstić information content (AvgIpc) is 2.81. The van der Waals surface area contributed by atoms with Gasteiger partial charge in [-0.15, -0.1) is 0 Å². The number of piperidine rings is 1. The summed E-state index contributed by atoms with van der Waals surface area (Å²) in [5, 5.41) is 12.4. The third-order valence-corrected chi connectivity index (χ3v) is 5.84. The molecule has 3 aromatic rings. The Morgan fingerprint density at radius 2 is 1.91 bits per heavy atom. The lowest BCUT2D eigenvalue weighted by Gasteiger charge is -2.32. The summed E-state index contributed by atoms with van der Waals surface area (Å²) in [5.74, 6) is -1.08. The van der Waals surface area contributed by atoms with Gasteiger partial charge >= 0.3 is 5.97 Å². The Hall–Kier alpha value is -3.58. The molecule has 164 valence electrons. The number of carboxylic acid groups (broad SMARTS) is 1. The van der Waals surface area contributed by atoms with Crippen molar-refractivity contribution in [3.63, 3.8) is 0 Å². The van der Waals surface area contributed by atoms with Crippen molar-refractivity contribution in [1.29, 1.82) is 0 Å². The fraction of sp³-hybridized carbons (Fsp3) is 0.280. The largest absolute Gasteiger partial charge is 0.480 e. The van der Waals surface area contributed by atoms with Gasteiger partial charge in [-0.2, -0.15) is 0 Å². The van der Waals surface area contributed by atoms with E-state index in [2.05, 4.69) is 15.3 Å². The molecule has 1 aliphatic heterocycles. The van der Waals surface area contributed by atoms with Crippen molar-refractivity contribution < 1.29 is 14.7 Å². The summed E-state index contributed by atoms with van der Waals surface area (Å²) < 4.78 is 0. The summed E-state index contributed by atoms with van der Waals surface area (Å²) in [5.41, 5.74) is 4.57. The van der Waals surface area contributed by atoms with Gasteiger partial charge in [-0.25, -0.2) is 0 Å². The predicted molar refractivity (Wildman–Crippen MR) is 122 cm³/mol. The zero-order chi connectivity index (χ0) is 22.5. The number of pyridine rings is 2. The number of aromatic nitrogens is 2. The van der Waals surface area contributed by atoms with Crippen molar-refractivity contribution in [1.82, 2.24) is 14.9 Å². The number of rotatable bonds is 6. The van der Waals surface area contributed by atoms with Gasteiger partial charge in [0.05, 0.1) is 5.69 Å². The molecule has 1 aliphatic rings. The Balaban J connectivity index is 1.45. The highest BCUT2D eigenvalue weighted by Gasteiger charge is 2.28. The lowest BCUT2D eigenvalue weighted by molar-refractivity contribution is -0.144. The van der Waals surface area contributed by atoms with Crippen molar-refractivity contribution in [3.8, 4) is 11.3 Å². The number of benzene rings is 1. The van der Waals surface area contributed by atoms with Crippen LogP contribution in [0.1, 0.15) is 40.9 Å². The number of nitrogens with zero attached hydrogens (tertiary/aromatic N) is 3. The number of carbonyl (C=O) groups excluding carboxylic acids is 1. The standard InChI is InChI=1S/C25H26N4O3/c1-17-20(12-13-26-23(17)19-7-3-2-4-8-19)28-24(30)21-11-10-18(15-27-21)16-29-14-6-5-9-22(29)25(31)32/h2-4,7-8,10-13,15,22H,5-6,9,14,16H2,1H3,(H,31,32)(H,26,28,30). The Morgan fingerprint density at radius 3 is 2.62 bits per heavy atom. The minimum absolute atomic E-state index is 0.300. The van der Waals surface area contributed by atoms with Crippen molar-refractivity contribution in [3.05, 3.63) is 77.7 Å². The van der Waals surface area contributed by atoms with Gasteiger partial charge in [0.15, 0.2) is 0 Å². The van der Waals surface area contributed by atoms with Crippen LogP contribution in [0.5, 0.6) is 0 Å². The second kappa shape index (κ2) is 9.70. The summed E-state index contributed by atoms with van der Waals surface area (Å²) >= 11 is 0. The van der Waals surface area contributed by atoms with Gasteiger partial charge in [0.1, 0.15) is 11.7 Å². The molecule has 4 rings (SSSR count). The number of aliphatic carboxylic acids is 1. The second-order valence-corrected chi connectivity index (χ2v) is 8.02. The van der Waals surface area contributed by atoms with E-state index in [0.29, 0.717) is 24.3 Å². The maximum absolute atomic E-state index is 12.8. The molecule has 1 aromatic carbocycles. The topological polar surface area (TPSA) is 95.4 Å². The van der Waals surface area contributed by atoms with Crippen LogP contribution in [-0.2, 0) is 11.3 Å². The molecule has 0 spiro atoms. The van der Waals surface area contributed by atoms with Crippen LogP contribution in [0, 0.1) is 6.92 Å². The van der Waals surface area contributed by atoms with Crippen LogP contribution < -0.4 is 5.32 Å². The van der Waals surface area contributed by atoms with Crippen molar-refractivity contribution in [2.75, 3.05) is 11.9 Å². The van der Waals surface area contributed by atoms with Crippen molar-refractivity contribution >= 4 is 17.6 Å². The van der Waals surface area contributed by atoms with Gasteiger partial charge in [0.25, 0.3) is 5.91 Å². The van der Waals surface area contributed by atoms with E-state index < -0.39 is 12.0 Å². The minimum atomic E-state index is -0.781. The van der Waals surface area contributed by atoms with E-state index in [9.17, 15) is 14.7 Å². The van der Waals surface area contributed by atoms with Gasteiger partial charge in [-0.05, 0) is 49.6 Å². The Kier molecular flexibility index (Phi) is 6.56. The molecule has 1 fully saturated rings. The average molecular weight is 431 g/mol. The van der Waals surface area contributed by atoms with Gasteiger partial charge in [0.2, 0.25) is 0 Å². The molecule has 0 aliphatic carbocycles. The maximum Gasteiger partial charge on any atom is 0.320 e. The van der Waals surface area contributed by atoms with E-state index in [1.807, 2.05) is 48.2 Å². The molecule has 0 bridgehead atoms. The second-order valence-electron chi connectivity index (χ2n) is 8.02. The predicted octanol–water partition coefficient (Wildman–Crippen LogP) is 4.14. The molecule has 2 N–H and O–H groups in total. The molecule has 0 saturated carbocycles. The van der Waals surface area contributed by atoms with Crippen LogP contribution in [-0.4, -0.2) is 44.4 Å². The van der Waals surface area contributed by atoms with Crippen LogP contribution in [0.2, 0.25) is 0 Å². The van der Waals surface area contributed by atoms with Crippen LogP contribution in [0.4, 0.5) is 5.69 Å². The summed E-state index contributed by atoms with van der Waals surface area (Å²) in [6, 6.07) is 14.7. The van der Waals surface area contributed by atoms with Gasteiger partial charge in [0, 0.05) is 30.2 Å². The van der Waals surface area contributed by atoms with E-state index in [4.69, 9.17) is 0 Å². The molecule has 1 unspecified atom stereocenters. The molecule has 7 heteroatoms. The highest BCUT2D eigenvalue weighted by Crippen LogP contribution is 2.26. The number of amides is 1. The normalized spacial score (nSPS) is 16.5. The number of likely N-dealkylation sites (tertiary alicyclic amines) is 1. The van der Waals surface area contributed by atoms with E-state index in [1.54, 1.807) is 24.5 Å². The first kappa shape index (κ1) is 21.6. The minimum Gasteiger partial charge on any atom is -0.480 e. The van der Waals surface area contributed by atoms with Crippen LogP contribution in [0.3, 0.4) is 0 Å². The summed E-state index contributed by atoms with van der Waals surface area (Å²) in [7, 11) is 0. The molecule has 3 heterocycles. The van der Waals surface area contributed by atoms with Crippen molar-refractivity contribution in [2.45, 2.75) is 38.8 Å². The molecule has 2 aromatic heterocycles. The fourth-order valence-electron chi connectivity index (χ4n) is 4.09. The summed E-state index contributed by atoms with van der Waals surface area (Å²) in [6.07, 6.45) is 5.93. The molecule has 1 atom stereocenters. The molecule has 32 heavy (non-hydrogen) atoms. The first-order chi connectivity index (χ1) is 15.5. The quantitative estimate of drug-likeness (QED) is 0.610. The first-order valence-corrected chi connectivity index (χ1v) is 10.8. The smallest absolute Gasteiger partial charge is 0.320 e. The zero-order valence-electron chi connectivity index (χ0n) is 18.0. The van der Waals surface area contributed by atoms with E-state index in [1.165, 1.54) is 0 Å². The molecule has 0 radical (unpaired) electrons. The molecule has 1 saturated heterocycles. The third kappa shape index (κ3) is 4.84. The lowest BCUT2D eigenvalue weighted by atomic mass is 10.0. The molecule has 7 nitrogen and oxygen atoms in total. The summed E-state index contributed by atoms with van der Waals surface area (Å²) in [6.45, 7) is 3.19. The Morgan fingerprint density at radius 1 is 1.09 bits per heavy atom. The molecule has 1 amide bonds. The third-order valence-electron chi connectivity index (χ3n) is 5.84. The zero-order valence-corrected chi connectivity index (χ0v) is 18.0. The van der Waals surface area contributed by atoms with E-state index in [-0.39, 0.29) is 5.91 Å². The highest BCUT2D eigenvalue weighted by atomic mass is 16.4. The van der Waals surface area contributed by atoms with Crippen LogP contribution in [0.15, 0.2) is 60.9 Å². The molecular weight excluding hydrogens is 404 g/mol. The van der Waals surface area contributed by atoms with Gasteiger partial charge in [-0.1, -0.05) is 42.8 Å². The summed E-state index contributed by atoms with van der Waals surface area (Å²) in [4.78, 5) is 35.0. The van der Waals surface area contributed by atoms with Crippen LogP contribution in [0.25, 0.3) is 11.3 Å². The highest BCUT2D eigenvalue weighted by molar-refractivity contribution is 6.03. The lowest BCUT2D eigenvalue weighted by Crippen LogP contribution is -2.44. The number of nitrogens with one attached hydrogen (secondary N) is 1. The Bertz CT molecular complexity index is 1100. The fourth-order valence-corrected chi connectivity index (χ4v) is 4.09. The van der Waals surface area contributed by atoms with E-state index in [0.717, 1.165) is 41.8 Å². The van der Waals surface area contributed by atoms with Crippen LogP contribution >= 0.6 is 0 Å². The monoisotopic (exact) mass is 430 g/mol. The number of carboxylic acids is 1. The number of anilines is 1. The SMILES string of the molecule is Cc1c(NC(=O)c2ccc(CN3CCCCC3C(=O)O)cn2)ccnc1-c1ccccc1. The first-order valence-electron chi connectivity index (χ1n) is 10.8. The van der Waals surface area contributed by atoms with Crippen molar-refractivity contribution in [2.24, 2.45) is 0 Å². The van der Waals surface area contributed by atoms with E-state index >= 15 is 0 Å². The number of hydrogen-bond acceptors (Lipinski definition) is 5. The number of hydrogen-bond donors (Lipinski definition) is 2. The van der Waals surface area contributed by atoms with Gasteiger partial charge < -0.3 is 10.4 Å². The number of carbonyl (C=O) groups is 2.